The third kappa shape index (κ3) is 3.93. The van der Waals surface area contributed by atoms with Gasteiger partial charge in [0.15, 0.2) is 0 Å². The van der Waals surface area contributed by atoms with E-state index in [1.165, 1.54) is 25.1 Å². The first-order valence-electron chi connectivity index (χ1n) is 6.95. The summed E-state index contributed by atoms with van der Waals surface area (Å²) < 4.78 is 0.897. The number of hydrogen-bond donors (Lipinski definition) is 1. The number of nitrogens with zero attached hydrogens (tertiary/aromatic N) is 2. The molecule has 0 fully saturated rings. The van der Waals surface area contributed by atoms with E-state index in [4.69, 9.17) is 0 Å². The van der Waals surface area contributed by atoms with Crippen molar-refractivity contribution in [3.05, 3.63) is 12.2 Å². The lowest BCUT2D eigenvalue weighted by Crippen LogP contribution is -2.52. The van der Waals surface area contributed by atoms with Gasteiger partial charge in [0, 0.05) is 0 Å². The molecule has 1 aliphatic heterocycles. The molecule has 3 heteroatoms. The molecule has 1 aliphatic rings. The summed E-state index contributed by atoms with van der Waals surface area (Å²) in [6.07, 6.45) is 9.18. The molecule has 0 aromatic heterocycles. The minimum atomic E-state index is 0.256. The largest absolute Gasteiger partial charge is 0.390 e. The zero-order chi connectivity index (χ0) is 12.6. The molecule has 3 nitrogen and oxygen atoms in total. The summed E-state index contributed by atoms with van der Waals surface area (Å²) in [6, 6.07) is 0. The molecule has 0 aromatic carbocycles. The predicted octanol–water partition coefficient (Wildman–Crippen LogP) is 2.36. The number of hydrogen-bond acceptors (Lipinski definition) is 2. The van der Waals surface area contributed by atoms with Crippen LogP contribution < -0.4 is 0 Å². The Morgan fingerprint density at radius 3 is 2.82 bits per heavy atom. The van der Waals surface area contributed by atoms with Gasteiger partial charge in [0.05, 0.1) is 26.1 Å². The Bertz CT molecular complexity index is 273. The standard InChI is InChI=1S/C14H27N2O/c1-3-5-6-7-8-9-14-15-10-11-16(14,4-2)12-13-17/h7-8,17H,3-6,9-13H2,1-2H3/q+1/b8-7+. The molecule has 1 unspecified atom stereocenters. The summed E-state index contributed by atoms with van der Waals surface area (Å²) in [5, 5.41) is 9.19. The molecule has 98 valence electrons. The van der Waals surface area contributed by atoms with E-state index in [2.05, 4.69) is 31.0 Å². The van der Waals surface area contributed by atoms with Crippen molar-refractivity contribution >= 4 is 5.84 Å². The average Bonchev–Trinajstić information content (AvgIpc) is 2.73. The van der Waals surface area contributed by atoms with Crippen LogP contribution in [0.4, 0.5) is 0 Å². The van der Waals surface area contributed by atoms with Gasteiger partial charge >= 0.3 is 0 Å². The topological polar surface area (TPSA) is 32.6 Å². The van der Waals surface area contributed by atoms with Crippen LogP contribution in [0.5, 0.6) is 0 Å². The Balaban J connectivity index is 2.48. The average molecular weight is 239 g/mol. The van der Waals surface area contributed by atoms with Crippen LogP contribution >= 0.6 is 0 Å². The quantitative estimate of drug-likeness (QED) is 0.394. The van der Waals surface area contributed by atoms with Crippen molar-refractivity contribution in [3.63, 3.8) is 0 Å². The van der Waals surface area contributed by atoms with Crippen LogP contribution in [0.3, 0.4) is 0 Å². The molecule has 0 spiro atoms. The van der Waals surface area contributed by atoms with Gasteiger partial charge < -0.3 is 5.11 Å². The van der Waals surface area contributed by atoms with Crippen molar-refractivity contribution in [1.82, 2.24) is 0 Å². The van der Waals surface area contributed by atoms with Crippen molar-refractivity contribution in [2.75, 3.05) is 32.8 Å². The molecule has 1 N–H and O–H groups in total. The van der Waals surface area contributed by atoms with Gasteiger partial charge in [-0.3, -0.25) is 4.48 Å². The minimum Gasteiger partial charge on any atom is -0.390 e. The summed E-state index contributed by atoms with van der Waals surface area (Å²) >= 11 is 0. The zero-order valence-electron chi connectivity index (χ0n) is 11.4. The van der Waals surface area contributed by atoms with E-state index in [-0.39, 0.29) is 6.61 Å². The molecule has 17 heavy (non-hydrogen) atoms. The van der Waals surface area contributed by atoms with Crippen LogP contribution in [-0.4, -0.2) is 48.2 Å². The van der Waals surface area contributed by atoms with Crippen LogP contribution in [0.1, 0.15) is 39.5 Å². The van der Waals surface area contributed by atoms with Gasteiger partial charge in [-0.05, 0) is 13.3 Å². The molecule has 0 bridgehead atoms. The second-order valence-electron chi connectivity index (χ2n) is 4.75. The van der Waals surface area contributed by atoms with Crippen molar-refractivity contribution in [3.8, 4) is 0 Å². The summed E-state index contributed by atoms with van der Waals surface area (Å²) in [5.74, 6) is 1.26. The Morgan fingerprint density at radius 2 is 2.18 bits per heavy atom. The van der Waals surface area contributed by atoms with E-state index in [1.54, 1.807) is 0 Å². The van der Waals surface area contributed by atoms with Gasteiger partial charge in [0.2, 0.25) is 5.84 Å². The van der Waals surface area contributed by atoms with E-state index in [0.717, 1.165) is 37.1 Å². The van der Waals surface area contributed by atoms with Gasteiger partial charge in [-0.1, -0.05) is 31.9 Å². The summed E-state index contributed by atoms with van der Waals surface area (Å²) in [7, 11) is 0. The Labute approximate surface area is 105 Å². The fourth-order valence-corrected chi connectivity index (χ4v) is 2.47. The first-order chi connectivity index (χ1) is 8.29. The van der Waals surface area contributed by atoms with E-state index < -0.39 is 0 Å². The Morgan fingerprint density at radius 1 is 1.35 bits per heavy atom. The third-order valence-corrected chi connectivity index (χ3v) is 3.69. The van der Waals surface area contributed by atoms with Crippen LogP contribution in [0, 0.1) is 0 Å². The lowest BCUT2D eigenvalue weighted by molar-refractivity contribution is -0.834. The highest BCUT2D eigenvalue weighted by molar-refractivity contribution is 5.78. The minimum absolute atomic E-state index is 0.256. The van der Waals surface area contributed by atoms with Crippen LogP contribution in [-0.2, 0) is 0 Å². The van der Waals surface area contributed by atoms with Gasteiger partial charge in [0.25, 0.3) is 0 Å². The highest BCUT2D eigenvalue weighted by Crippen LogP contribution is 2.17. The maximum atomic E-state index is 9.19. The first kappa shape index (κ1) is 14.4. The third-order valence-electron chi connectivity index (χ3n) is 3.69. The normalized spacial score (nSPS) is 24.5. The maximum absolute atomic E-state index is 9.19. The number of aliphatic hydroxyl groups excluding tert-OH is 1. The molecule has 1 atom stereocenters. The second-order valence-corrected chi connectivity index (χ2v) is 4.75. The molecule has 0 aromatic rings. The Hall–Kier alpha value is -0.670. The van der Waals surface area contributed by atoms with Crippen molar-refractivity contribution in [2.24, 2.45) is 4.99 Å². The number of aliphatic imine (C=N–C) groups is 1. The first-order valence-corrected chi connectivity index (χ1v) is 6.95. The summed E-state index contributed by atoms with van der Waals surface area (Å²) in [6.45, 7) is 8.51. The number of likely N-dealkylation sites (N-methyl/N-ethyl adjacent to an activating group) is 1. The zero-order valence-corrected chi connectivity index (χ0v) is 11.4. The lowest BCUT2D eigenvalue weighted by Gasteiger charge is -2.32. The van der Waals surface area contributed by atoms with Crippen molar-refractivity contribution in [1.29, 1.82) is 0 Å². The Kier molecular flexibility index (Phi) is 6.45. The maximum Gasteiger partial charge on any atom is 0.202 e. The molecule has 0 saturated heterocycles. The van der Waals surface area contributed by atoms with Gasteiger partial charge in [-0.15, -0.1) is 0 Å². The highest BCUT2D eigenvalue weighted by atomic mass is 16.3. The number of amidine groups is 1. The smallest absolute Gasteiger partial charge is 0.202 e. The molecule has 0 radical (unpaired) electrons. The summed E-state index contributed by atoms with van der Waals surface area (Å²) in [4.78, 5) is 4.62. The van der Waals surface area contributed by atoms with Gasteiger partial charge in [-0.2, -0.15) is 0 Å². The molecule has 0 amide bonds. The van der Waals surface area contributed by atoms with Crippen molar-refractivity contribution in [2.45, 2.75) is 39.5 Å². The highest BCUT2D eigenvalue weighted by Gasteiger charge is 2.34. The predicted molar refractivity (Wildman–Crippen MR) is 73.2 cm³/mol. The second kappa shape index (κ2) is 7.62. The fraction of sp³-hybridized carbons (Fsp3) is 0.786. The van der Waals surface area contributed by atoms with E-state index in [0.29, 0.717) is 0 Å². The summed E-state index contributed by atoms with van der Waals surface area (Å²) in [5.41, 5.74) is 0. The SMILES string of the molecule is CCCC/C=C/CC1=NCC[N+]1(CC)CCO. The number of unbranched alkanes of at least 4 members (excludes halogenated alkanes) is 2. The fourth-order valence-electron chi connectivity index (χ4n) is 2.47. The van der Waals surface area contributed by atoms with Crippen LogP contribution in [0.2, 0.25) is 0 Å². The van der Waals surface area contributed by atoms with Crippen molar-refractivity contribution < 1.29 is 9.59 Å². The van der Waals surface area contributed by atoms with Gasteiger partial charge in [0.1, 0.15) is 13.1 Å². The van der Waals surface area contributed by atoms with E-state index in [9.17, 15) is 5.11 Å². The molecular formula is C14H27N2O+. The van der Waals surface area contributed by atoms with Crippen LogP contribution in [0.25, 0.3) is 0 Å². The molecular weight excluding hydrogens is 212 g/mol. The van der Waals surface area contributed by atoms with E-state index >= 15 is 0 Å². The van der Waals surface area contributed by atoms with Gasteiger partial charge in [-0.25, -0.2) is 4.99 Å². The monoisotopic (exact) mass is 239 g/mol. The van der Waals surface area contributed by atoms with Crippen LogP contribution in [0.15, 0.2) is 17.1 Å². The number of allylic oxidation sites excluding steroid dienone is 1. The van der Waals surface area contributed by atoms with E-state index in [1.807, 2.05) is 0 Å². The number of aliphatic hydroxyl groups is 1. The molecule has 0 saturated carbocycles. The molecule has 1 heterocycles. The lowest BCUT2D eigenvalue weighted by atomic mass is 10.2. The molecule has 1 rings (SSSR count). The molecule has 0 aliphatic carbocycles. The number of quaternary nitrogens is 1. The number of rotatable bonds is 8.